The summed E-state index contributed by atoms with van der Waals surface area (Å²) in [6, 6.07) is 16.4. The Labute approximate surface area is 130 Å². The summed E-state index contributed by atoms with van der Waals surface area (Å²) in [5.41, 5.74) is 3.58. The number of hydrogen-bond donors (Lipinski definition) is 2. The van der Waals surface area contributed by atoms with Crippen LogP contribution in [-0.2, 0) is 6.42 Å². The Balaban J connectivity index is 1.67. The molecular weight excluding hydrogens is 282 g/mol. The molecule has 1 aliphatic rings. The van der Waals surface area contributed by atoms with Gasteiger partial charge in [-0.05, 0) is 36.5 Å². The number of aliphatic hydroxyl groups is 1. The lowest BCUT2D eigenvalue weighted by Gasteiger charge is -2.27. The van der Waals surface area contributed by atoms with Gasteiger partial charge in [-0.3, -0.25) is 0 Å². The van der Waals surface area contributed by atoms with Crippen molar-refractivity contribution < 1.29 is 5.11 Å². The molecule has 2 aromatic rings. The van der Waals surface area contributed by atoms with E-state index in [9.17, 15) is 5.11 Å². The van der Waals surface area contributed by atoms with Gasteiger partial charge in [0.15, 0.2) is 0 Å². The Bertz CT molecular complexity index is 614. The van der Waals surface area contributed by atoms with E-state index in [-0.39, 0.29) is 0 Å². The predicted octanol–water partition coefficient (Wildman–Crippen LogP) is 4.04. The van der Waals surface area contributed by atoms with Crippen molar-refractivity contribution in [3.63, 3.8) is 0 Å². The highest BCUT2D eigenvalue weighted by Crippen LogP contribution is 2.30. The highest BCUT2D eigenvalue weighted by molar-refractivity contribution is 6.31. The van der Waals surface area contributed by atoms with E-state index in [0.717, 1.165) is 18.4 Å². The highest BCUT2D eigenvalue weighted by Gasteiger charge is 2.20. The fraction of sp³-hybridized carbons (Fsp3) is 0.333. The first-order chi connectivity index (χ1) is 10.3. The minimum Gasteiger partial charge on any atom is -0.387 e. The molecule has 0 aromatic heterocycles. The molecule has 2 N–H and O–H groups in total. The third-order valence-electron chi connectivity index (χ3n) is 4.19. The van der Waals surface area contributed by atoms with E-state index in [1.807, 2.05) is 24.3 Å². The second kappa shape index (κ2) is 6.61. The van der Waals surface area contributed by atoms with Crippen LogP contribution in [0.2, 0.25) is 5.02 Å². The Morgan fingerprint density at radius 1 is 1.14 bits per heavy atom. The molecule has 3 rings (SSSR count). The molecule has 2 aromatic carbocycles. The molecule has 0 aliphatic heterocycles. The van der Waals surface area contributed by atoms with Crippen molar-refractivity contribution in [3.8, 4) is 0 Å². The van der Waals surface area contributed by atoms with E-state index in [1.54, 1.807) is 0 Å². The second-order valence-electron chi connectivity index (χ2n) is 5.59. The molecule has 0 saturated carbocycles. The van der Waals surface area contributed by atoms with Crippen LogP contribution in [0.15, 0.2) is 48.5 Å². The zero-order chi connectivity index (χ0) is 14.7. The molecule has 0 bridgehead atoms. The zero-order valence-corrected chi connectivity index (χ0v) is 12.7. The van der Waals surface area contributed by atoms with Crippen molar-refractivity contribution in [1.29, 1.82) is 0 Å². The predicted molar refractivity (Wildman–Crippen MR) is 86.5 cm³/mol. The average molecular weight is 302 g/mol. The number of rotatable bonds is 4. The summed E-state index contributed by atoms with van der Waals surface area (Å²) in [7, 11) is 0. The van der Waals surface area contributed by atoms with Gasteiger partial charge in [-0.25, -0.2) is 0 Å². The van der Waals surface area contributed by atoms with Gasteiger partial charge < -0.3 is 10.4 Å². The standard InChI is InChI=1S/C18H20ClNO/c19-16-10-4-3-9-15(16)18(21)12-20-17-11-5-7-13-6-1-2-8-14(13)17/h1-4,6,8-10,17-18,20-21H,5,7,11-12H2. The van der Waals surface area contributed by atoms with E-state index in [2.05, 4.69) is 29.6 Å². The lowest BCUT2D eigenvalue weighted by Crippen LogP contribution is -2.29. The van der Waals surface area contributed by atoms with E-state index in [0.29, 0.717) is 17.6 Å². The van der Waals surface area contributed by atoms with Crippen LogP contribution in [0.25, 0.3) is 0 Å². The summed E-state index contributed by atoms with van der Waals surface area (Å²) in [4.78, 5) is 0. The Morgan fingerprint density at radius 2 is 1.90 bits per heavy atom. The maximum absolute atomic E-state index is 10.3. The van der Waals surface area contributed by atoms with Crippen molar-refractivity contribution in [2.45, 2.75) is 31.4 Å². The van der Waals surface area contributed by atoms with Gasteiger partial charge in [0.25, 0.3) is 0 Å². The average Bonchev–Trinajstić information content (AvgIpc) is 2.53. The van der Waals surface area contributed by atoms with E-state index >= 15 is 0 Å². The fourth-order valence-electron chi connectivity index (χ4n) is 3.08. The molecule has 0 heterocycles. The summed E-state index contributed by atoms with van der Waals surface area (Å²) in [5.74, 6) is 0. The van der Waals surface area contributed by atoms with Crippen LogP contribution in [0, 0.1) is 0 Å². The van der Waals surface area contributed by atoms with E-state index < -0.39 is 6.10 Å². The topological polar surface area (TPSA) is 32.3 Å². The lowest BCUT2D eigenvalue weighted by molar-refractivity contribution is 0.168. The number of halogens is 1. The van der Waals surface area contributed by atoms with Crippen LogP contribution in [0.5, 0.6) is 0 Å². The highest BCUT2D eigenvalue weighted by atomic mass is 35.5. The number of benzene rings is 2. The van der Waals surface area contributed by atoms with Crippen molar-refractivity contribution in [2.75, 3.05) is 6.54 Å². The first-order valence-electron chi connectivity index (χ1n) is 7.49. The maximum atomic E-state index is 10.3. The monoisotopic (exact) mass is 301 g/mol. The van der Waals surface area contributed by atoms with Gasteiger partial charge in [-0.1, -0.05) is 54.1 Å². The summed E-state index contributed by atoms with van der Waals surface area (Å²) in [6.45, 7) is 0.517. The third kappa shape index (κ3) is 3.29. The van der Waals surface area contributed by atoms with Crippen molar-refractivity contribution in [1.82, 2.24) is 5.32 Å². The summed E-state index contributed by atoms with van der Waals surface area (Å²) in [5, 5.41) is 14.4. The third-order valence-corrected chi connectivity index (χ3v) is 4.54. The Morgan fingerprint density at radius 3 is 2.76 bits per heavy atom. The quantitative estimate of drug-likeness (QED) is 0.893. The molecule has 110 valence electrons. The molecule has 2 nitrogen and oxygen atoms in total. The van der Waals surface area contributed by atoms with Crippen LogP contribution in [0.3, 0.4) is 0 Å². The molecule has 2 unspecified atom stereocenters. The van der Waals surface area contributed by atoms with Gasteiger partial charge >= 0.3 is 0 Å². The second-order valence-corrected chi connectivity index (χ2v) is 6.00. The molecule has 2 atom stereocenters. The summed E-state index contributed by atoms with van der Waals surface area (Å²) in [6.07, 6.45) is 2.89. The van der Waals surface area contributed by atoms with Crippen LogP contribution < -0.4 is 5.32 Å². The van der Waals surface area contributed by atoms with Gasteiger partial charge in [-0.15, -0.1) is 0 Å². The Kier molecular flexibility index (Phi) is 4.59. The molecular formula is C18H20ClNO. The van der Waals surface area contributed by atoms with Gasteiger partial charge in [0.1, 0.15) is 0 Å². The minimum absolute atomic E-state index is 0.326. The van der Waals surface area contributed by atoms with Crippen LogP contribution in [0.4, 0.5) is 0 Å². The van der Waals surface area contributed by atoms with Gasteiger partial charge in [0.2, 0.25) is 0 Å². The number of aryl methyl sites for hydroxylation is 1. The van der Waals surface area contributed by atoms with Crippen LogP contribution in [-0.4, -0.2) is 11.7 Å². The maximum Gasteiger partial charge on any atom is 0.0928 e. The molecule has 0 spiro atoms. The first-order valence-corrected chi connectivity index (χ1v) is 7.87. The van der Waals surface area contributed by atoms with Gasteiger partial charge in [-0.2, -0.15) is 0 Å². The Hall–Kier alpha value is -1.35. The minimum atomic E-state index is -0.576. The lowest BCUT2D eigenvalue weighted by atomic mass is 9.87. The van der Waals surface area contributed by atoms with Crippen molar-refractivity contribution in [2.24, 2.45) is 0 Å². The SMILES string of the molecule is OC(CNC1CCCc2ccccc21)c1ccccc1Cl. The molecule has 0 radical (unpaired) electrons. The van der Waals surface area contributed by atoms with Crippen molar-refractivity contribution >= 4 is 11.6 Å². The number of nitrogens with one attached hydrogen (secondary N) is 1. The molecule has 21 heavy (non-hydrogen) atoms. The van der Waals surface area contributed by atoms with Crippen molar-refractivity contribution in [3.05, 3.63) is 70.2 Å². The van der Waals surface area contributed by atoms with E-state index in [4.69, 9.17) is 11.6 Å². The van der Waals surface area contributed by atoms with Gasteiger partial charge in [0, 0.05) is 23.2 Å². The van der Waals surface area contributed by atoms with Crippen LogP contribution in [0.1, 0.15) is 41.7 Å². The first kappa shape index (κ1) is 14.6. The molecule has 3 heteroatoms. The van der Waals surface area contributed by atoms with E-state index in [1.165, 1.54) is 17.5 Å². The number of hydrogen-bond acceptors (Lipinski definition) is 2. The largest absolute Gasteiger partial charge is 0.387 e. The van der Waals surface area contributed by atoms with Crippen LogP contribution >= 0.6 is 11.6 Å². The smallest absolute Gasteiger partial charge is 0.0928 e. The molecule has 0 fully saturated rings. The number of aliphatic hydroxyl groups excluding tert-OH is 1. The molecule has 0 amide bonds. The summed E-state index contributed by atoms with van der Waals surface area (Å²) < 4.78 is 0. The zero-order valence-electron chi connectivity index (χ0n) is 11.9. The summed E-state index contributed by atoms with van der Waals surface area (Å²) >= 11 is 6.13. The fourth-order valence-corrected chi connectivity index (χ4v) is 3.34. The molecule has 1 aliphatic carbocycles. The molecule has 0 saturated heterocycles. The van der Waals surface area contributed by atoms with Gasteiger partial charge in [0.05, 0.1) is 6.10 Å². The number of fused-ring (bicyclic) bond motifs is 1. The normalized spacial score (nSPS) is 19.0.